The van der Waals surface area contributed by atoms with Gasteiger partial charge in [-0.05, 0) is 22.5 Å². The van der Waals surface area contributed by atoms with Crippen LogP contribution in [0, 0.1) is 0 Å². The van der Waals surface area contributed by atoms with Gasteiger partial charge in [-0.1, -0.05) is 36.4 Å². The van der Waals surface area contributed by atoms with Crippen molar-refractivity contribution in [3.8, 4) is 11.5 Å². The summed E-state index contributed by atoms with van der Waals surface area (Å²) in [5, 5.41) is 2.61. The lowest BCUT2D eigenvalue weighted by Gasteiger charge is -2.10. The molecule has 0 saturated heterocycles. The van der Waals surface area contributed by atoms with E-state index in [0.29, 0.717) is 0 Å². The Morgan fingerprint density at radius 1 is 0.706 bits per heavy atom. The first kappa shape index (κ1) is 11.7. The summed E-state index contributed by atoms with van der Waals surface area (Å²) in [5.74, 6) is 1.95. The number of benzene rings is 2. The van der Waals surface area contributed by atoms with E-state index in [0.717, 1.165) is 11.5 Å². The lowest BCUT2D eigenvalue weighted by atomic mass is 10.3. The smallest absolute Gasteiger partial charge is 0.117 e. The van der Waals surface area contributed by atoms with E-state index >= 15 is 0 Å². The van der Waals surface area contributed by atoms with Crippen molar-refractivity contribution in [3.05, 3.63) is 48.5 Å². The molecule has 88 valence electrons. The van der Waals surface area contributed by atoms with Crippen molar-refractivity contribution in [1.29, 1.82) is 0 Å². The maximum Gasteiger partial charge on any atom is 0.117 e. The largest absolute Gasteiger partial charge is 0.497 e. The number of rotatable bonds is 4. The minimum Gasteiger partial charge on any atom is -0.497 e. The van der Waals surface area contributed by atoms with Crippen molar-refractivity contribution in [2.75, 3.05) is 14.2 Å². The molecule has 2 nitrogen and oxygen atoms in total. The lowest BCUT2D eigenvalue weighted by molar-refractivity contribution is 0.417. The normalized spacial score (nSPS) is 10.0. The van der Waals surface area contributed by atoms with Gasteiger partial charge in [-0.3, -0.25) is 0 Å². The fraction of sp³-hybridized carbons (Fsp3) is 0.143. The van der Waals surface area contributed by atoms with Gasteiger partial charge in [0.2, 0.25) is 0 Å². The summed E-state index contributed by atoms with van der Waals surface area (Å²) >= 11 is 0. The quantitative estimate of drug-likeness (QED) is 0.742. The molecule has 0 atom stereocenters. The minimum atomic E-state index is -0.564. The van der Waals surface area contributed by atoms with Crippen molar-refractivity contribution in [3.63, 3.8) is 0 Å². The maximum atomic E-state index is 5.38. The zero-order valence-corrected chi connectivity index (χ0v) is 11.6. The lowest BCUT2D eigenvalue weighted by Crippen LogP contribution is -2.29. The molecule has 0 saturated carbocycles. The van der Waals surface area contributed by atoms with E-state index < -0.39 is 9.52 Å². The topological polar surface area (TPSA) is 18.5 Å². The number of para-hydroxylation sites is 2. The van der Waals surface area contributed by atoms with Gasteiger partial charge in [0.25, 0.3) is 0 Å². The van der Waals surface area contributed by atoms with E-state index in [2.05, 4.69) is 24.3 Å². The number of ether oxygens (including phenoxy) is 2. The Labute approximate surface area is 104 Å². The highest BCUT2D eigenvalue weighted by molar-refractivity contribution is 6.69. The molecular weight excluding hydrogens is 228 g/mol. The van der Waals surface area contributed by atoms with Crippen LogP contribution in [-0.2, 0) is 0 Å². The second-order valence-corrected chi connectivity index (χ2v) is 5.68. The van der Waals surface area contributed by atoms with Crippen LogP contribution in [0.4, 0.5) is 0 Å². The molecule has 0 radical (unpaired) electrons. The molecule has 0 aliphatic heterocycles. The van der Waals surface area contributed by atoms with Crippen molar-refractivity contribution < 1.29 is 9.47 Å². The van der Waals surface area contributed by atoms with Gasteiger partial charge in [-0.25, -0.2) is 0 Å². The molecule has 3 heteroatoms. The van der Waals surface area contributed by atoms with Crippen LogP contribution in [0.5, 0.6) is 11.5 Å². The van der Waals surface area contributed by atoms with Gasteiger partial charge in [-0.2, -0.15) is 0 Å². The first-order chi connectivity index (χ1) is 8.35. The highest BCUT2D eigenvalue weighted by Crippen LogP contribution is 2.08. The van der Waals surface area contributed by atoms with Crippen LogP contribution in [0.2, 0.25) is 0 Å². The molecule has 0 aliphatic rings. The van der Waals surface area contributed by atoms with Gasteiger partial charge in [-0.15, -0.1) is 0 Å². The first-order valence-electron chi connectivity index (χ1n) is 5.59. The van der Waals surface area contributed by atoms with Crippen LogP contribution >= 0.6 is 0 Å². The summed E-state index contributed by atoms with van der Waals surface area (Å²) < 4.78 is 10.8. The van der Waals surface area contributed by atoms with Crippen LogP contribution in [0.3, 0.4) is 0 Å². The Hall–Kier alpha value is -1.74. The molecule has 0 N–H and O–H groups in total. The van der Waals surface area contributed by atoms with Gasteiger partial charge < -0.3 is 9.47 Å². The van der Waals surface area contributed by atoms with E-state index in [1.54, 1.807) is 14.2 Å². The third kappa shape index (κ3) is 2.68. The summed E-state index contributed by atoms with van der Waals surface area (Å²) in [7, 11) is 2.87. The van der Waals surface area contributed by atoms with Gasteiger partial charge in [0.1, 0.15) is 11.5 Å². The van der Waals surface area contributed by atoms with Crippen molar-refractivity contribution in [2.24, 2.45) is 0 Å². The van der Waals surface area contributed by atoms with Gasteiger partial charge in [0, 0.05) is 0 Å². The van der Waals surface area contributed by atoms with E-state index in [1.165, 1.54) is 10.4 Å². The Balaban J connectivity index is 2.31. The first-order valence-corrected chi connectivity index (χ1v) is 7.00. The highest BCUT2D eigenvalue weighted by Gasteiger charge is 2.07. The van der Waals surface area contributed by atoms with E-state index in [9.17, 15) is 0 Å². The third-order valence-corrected chi connectivity index (χ3v) is 4.70. The molecule has 0 spiro atoms. The van der Waals surface area contributed by atoms with Crippen LogP contribution in [0.25, 0.3) is 0 Å². The molecule has 2 aromatic carbocycles. The number of hydrogen-bond donors (Lipinski definition) is 0. The molecule has 17 heavy (non-hydrogen) atoms. The number of hydrogen-bond acceptors (Lipinski definition) is 2. The molecule has 0 heterocycles. The summed E-state index contributed by atoms with van der Waals surface area (Å²) in [5.41, 5.74) is 0. The van der Waals surface area contributed by atoms with Crippen LogP contribution in [0.1, 0.15) is 0 Å². The van der Waals surface area contributed by atoms with Crippen molar-refractivity contribution in [1.82, 2.24) is 0 Å². The molecule has 2 aromatic rings. The van der Waals surface area contributed by atoms with E-state index in [4.69, 9.17) is 9.47 Å². The van der Waals surface area contributed by atoms with Gasteiger partial charge in [0.05, 0.1) is 23.7 Å². The summed E-state index contributed by atoms with van der Waals surface area (Å²) in [4.78, 5) is 0. The minimum absolute atomic E-state index is 0.564. The monoisotopic (exact) mass is 244 g/mol. The highest BCUT2D eigenvalue weighted by atomic mass is 28.2. The molecule has 0 unspecified atom stereocenters. The fourth-order valence-electron chi connectivity index (χ4n) is 1.90. The Bertz CT molecular complexity index is 452. The maximum absolute atomic E-state index is 5.38. The average molecular weight is 244 g/mol. The SMILES string of the molecule is COc1ccccc1[SiH2]c1ccccc1OC. The summed E-state index contributed by atoms with van der Waals surface area (Å²) in [6.45, 7) is 0. The molecule has 0 aliphatic carbocycles. The van der Waals surface area contributed by atoms with Gasteiger partial charge in [0.15, 0.2) is 0 Å². The van der Waals surface area contributed by atoms with E-state index in [1.807, 2.05) is 24.3 Å². The van der Waals surface area contributed by atoms with Crippen LogP contribution in [0.15, 0.2) is 48.5 Å². The van der Waals surface area contributed by atoms with Crippen LogP contribution in [-0.4, -0.2) is 23.7 Å². The third-order valence-electron chi connectivity index (χ3n) is 2.77. The van der Waals surface area contributed by atoms with Gasteiger partial charge >= 0.3 is 0 Å². The van der Waals surface area contributed by atoms with Crippen LogP contribution < -0.4 is 19.8 Å². The predicted octanol–water partition coefficient (Wildman–Crippen LogP) is 0.823. The fourth-order valence-corrected chi connectivity index (χ4v) is 3.69. The predicted molar refractivity (Wildman–Crippen MR) is 73.8 cm³/mol. The second kappa shape index (κ2) is 5.55. The van der Waals surface area contributed by atoms with Crippen molar-refractivity contribution in [2.45, 2.75) is 0 Å². The standard InChI is InChI=1S/C14H16O2Si/c1-15-11-7-3-5-9-13(11)17-14-10-6-4-8-12(14)16-2/h3-10H,17H2,1-2H3. The molecule has 0 amide bonds. The zero-order valence-electron chi connectivity index (χ0n) is 10.1. The molecule has 2 rings (SSSR count). The second-order valence-electron chi connectivity index (χ2n) is 3.80. The Morgan fingerprint density at radius 2 is 1.12 bits per heavy atom. The molecule has 0 fully saturated rings. The molecule has 0 bridgehead atoms. The average Bonchev–Trinajstić information content (AvgIpc) is 2.40. The Morgan fingerprint density at radius 3 is 1.53 bits per heavy atom. The van der Waals surface area contributed by atoms with E-state index in [-0.39, 0.29) is 0 Å². The zero-order chi connectivity index (χ0) is 12.1. The molecular formula is C14H16O2Si. The summed E-state index contributed by atoms with van der Waals surface area (Å²) in [6.07, 6.45) is 0. The summed E-state index contributed by atoms with van der Waals surface area (Å²) in [6, 6.07) is 16.4. The molecule has 0 aromatic heterocycles. The Kier molecular flexibility index (Phi) is 3.83. The number of methoxy groups -OCH3 is 2. The van der Waals surface area contributed by atoms with Crippen molar-refractivity contribution >= 4 is 19.9 Å².